The minimum Gasteiger partial charge on any atom is -0.309 e. The molecule has 0 aliphatic heterocycles. The number of fused-ring (bicyclic) bond motifs is 12. The minimum atomic E-state index is 0.287. The summed E-state index contributed by atoms with van der Waals surface area (Å²) in [5.41, 5.74) is 13.2. The standard InChI is InChI=1S/C52H33NS/c1-3-13-34-27-36(22-21-32(34)11-1)43-30-47-45(40-16-6-5-15-39(40)43)31-44(51-42-18-8-10-20-50(42)54-52(47)51)37-24-26-49-46(29-37)41-17-7-9-19-48(41)53(49)38-25-23-33-12-2-4-14-35(33)28-38/h1-29,31,43H,30H2. The van der Waals surface area contributed by atoms with Crippen molar-refractivity contribution in [1.29, 1.82) is 0 Å². The van der Waals surface area contributed by atoms with E-state index in [1.807, 2.05) is 11.3 Å². The van der Waals surface area contributed by atoms with Crippen molar-refractivity contribution in [2.24, 2.45) is 0 Å². The summed E-state index contributed by atoms with van der Waals surface area (Å²) < 4.78 is 5.20. The van der Waals surface area contributed by atoms with E-state index in [0.29, 0.717) is 0 Å². The van der Waals surface area contributed by atoms with E-state index >= 15 is 0 Å². The van der Waals surface area contributed by atoms with E-state index in [9.17, 15) is 0 Å². The van der Waals surface area contributed by atoms with E-state index in [1.165, 1.54) is 108 Å². The molecule has 9 aromatic carbocycles. The van der Waals surface area contributed by atoms with Crippen molar-refractivity contribution in [3.8, 4) is 27.9 Å². The smallest absolute Gasteiger partial charge is 0.0541 e. The van der Waals surface area contributed by atoms with E-state index in [4.69, 9.17) is 0 Å². The molecule has 0 amide bonds. The molecule has 0 spiro atoms. The van der Waals surface area contributed by atoms with Crippen LogP contribution in [0.25, 0.3) is 91.5 Å². The number of hydrogen-bond acceptors (Lipinski definition) is 1. The number of thiophene rings is 1. The molecule has 2 heterocycles. The third-order valence-electron chi connectivity index (χ3n) is 11.9. The maximum atomic E-state index is 2.52. The second-order valence-electron chi connectivity index (χ2n) is 14.8. The summed E-state index contributed by atoms with van der Waals surface area (Å²) in [5.74, 6) is 0.287. The molecule has 0 bridgehead atoms. The minimum absolute atomic E-state index is 0.287. The second kappa shape index (κ2) is 11.5. The molecule has 0 radical (unpaired) electrons. The molecule has 1 nitrogen and oxygen atoms in total. The highest BCUT2D eigenvalue weighted by Gasteiger charge is 2.30. The summed E-state index contributed by atoms with van der Waals surface area (Å²) in [5, 5.41) is 10.4. The van der Waals surface area contributed by atoms with Gasteiger partial charge in [0.25, 0.3) is 0 Å². The monoisotopic (exact) mass is 703 g/mol. The van der Waals surface area contributed by atoms with Crippen LogP contribution in [0.2, 0.25) is 0 Å². The average molecular weight is 704 g/mol. The fraction of sp³-hybridized carbons (Fsp3) is 0.0385. The summed E-state index contributed by atoms with van der Waals surface area (Å²) in [6, 6.07) is 68.0. The lowest BCUT2D eigenvalue weighted by molar-refractivity contribution is 0.801. The molecule has 1 aliphatic carbocycles. The number of para-hydroxylation sites is 1. The van der Waals surface area contributed by atoms with Crippen LogP contribution in [-0.2, 0) is 6.42 Å². The van der Waals surface area contributed by atoms with Crippen molar-refractivity contribution in [2.75, 3.05) is 0 Å². The summed E-state index contributed by atoms with van der Waals surface area (Å²) in [6.07, 6.45) is 0.979. The molecule has 0 N–H and O–H groups in total. The molecule has 0 fully saturated rings. The lowest BCUT2D eigenvalue weighted by atomic mass is 9.74. The number of aromatic nitrogens is 1. The van der Waals surface area contributed by atoms with Crippen molar-refractivity contribution in [2.45, 2.75) is 12.3 Å². The van der Waals surface area contributed by atoms with Crippen LogP contribution in [0.1, 0.15) is 22.6 Å². The van der Waals surface area contributed by atoms with Crippen LogP contribution >= 0.6 is 11.3 Å². The van der Waals surface area contributed by atoms with Crippen LogP contribution < -0.4 is 0 Å². The van der Waals surface area contributed by atoms with Gasteiger partial charge in [-0.15, -0.1) is 11.3 Å². The van der Waals surface area contributed by atoms with Crippen LogP contribution in [0, 0.1) is 0 Å². The van der Waals surface area contributed by atoms with E-state index in [2.05, 4.69) is 187 Å². The van der Waals surface area contributed by atoms with Crippen molar-refractivity contribution >= 4 is 74.9 Å². The van der Waals surface area contributed by atoms with Gasteiger partial charge in [-0.3, -0.25) is 0 Å². The predicted octanol–water partition coefficient (Wildman–Crippen LogP) is 14.5. The van der Waals surface area contributed by atoms with E-state index in [1.54, 1.807) is 0 Å². The van der Waals surface area contributed by atoms with Gasteiger partial charge in [-0.25, -0.2) is 0 Å². The van der Waals surface area contributed by atoms with Gasteiger partial charge in [0.1, 0.15) is 0 Å². The molecule has 252 valence electrons. The maximum absolute atomic E-state index is 2.52. The lowest BCUT2D eigenvalue weighted by Gasteiger charge is -2.30. The molecule has 1 unspecified atom stereocenters. The fourth-order valence-corrected chi connectivity index (χ4v) is 10.7. The Hall–Kier alpha value is -6.48. The van der Waals surface area contributed by atoms with Crippen LogP contribution in [0.4, 0.5) is 0 Å². The highest BCUT2D eigenvalue weighted by Crippen LogP contribution is 2.52. The molecular weight excluding hydrogens is 671 g/mol. The van der Waals surface area contributed by atoms with Crippen LogP contribution in [0.15, 0.2) is 182 Å². The van der Waals surface area contributed by atoms with Crippen LogP contribution in [0.5, 0.6) is 0 Å². The molecule has 2 heteroatoms. The Morgan fingerprint density at radius 1 is 0.463 bits per heavy atom. The summed E-state index contributed by atoms with van der Waals surface area (Å²) in [4.78, 5) is 0. The summed E-state index contributed by atoms with van der Waals surface area (Å²) in [7, 11) is 0. The molecule has 12 rings (SSSR count). The maximum Gasteiger partial charge on any atom is 0.0541 e. The van der Waals surface area contributed by atoms with Gasteiger partial charge in [-0.1, -0.05) is 140 Å². The Bertz CT molecular complexity index is 3320. The zero-order valence-corrected chi connectivity index (χ0v) is 30.3. The van der Waals surface area contributed by atoms with Crippen LogP contribution in [0.3, 0.4) is 0 Å². The van der Waals surface area contributed by atoms with Gasteiger partial charge in [-0.05, 0) is 109 Å². The molecule has 11 aromatic rings. The zero-order chi connectivity index (χ0) is 35.3. The topological polar surface area (TPSA) is 4.93 Å². The van der Waals surface area contributed by atoms with Gasteiger partial charge in [0.15, 0.2) is 0 Å². The third-order valence-corrected chi connectivity index (χ3v) is 13.2. The Labute approximate surface area is 317 Å². The number of hydrogen-bond donors (Lipinski definition) is 0. The third kappa shape index (κ3) is 4.38. The SMILES string of the molecule is c1ccc2c(c1)-c1cc(-c3ccc4c(c3)c3ccccc3n4-c3ccc4ccccc4c3)c3c(sc4ccccc43)c1CC2c1ccc2ccccc2c1. The van der Waals surface area contributed by atoms with Gasteiger partial charge in [-0.2, -0.15) is 0 Å². The normalized spacial score (nSPS) is 14.0. The number of nitrogens with zero attached hydrogens (tertiary/aromatic N) is 1. The highest BCUT2D eigenvalue weighted by atomic mass is 32.1. The van der Waals surface area contributed by atoms with Crippen molar-refractivity contribution in [1.82, 2.24) is 4.57 Å². The first kappa shape index (κ1) is 30.0. The van der Waals surface area contributed by atoms with Crippen molar-refractivity contribution in [3.05, 3.63) is 199 Å². The first-order valence-electron chi connectivity index (χ1n) is 18.8. The largest absolute Gasteiger partial charge is 0.309 e. The zero-order valence-electron chi connectivity index (χ0n) is 29.5. The molecule has 2 aromatic heterocycles. The van der Waals surface area contributed by atoms with Gasteiger partial charge in [0.2, 0.25) is 0 Å². The predicted molar refractivity (Wildman–Crippen MR) is 232 cm³/mol. The molecule has 0 saturated carbocycles. The molecular formula is C52H33NS. The number of benzene rings is 9. The van der Waals surface area contributed by atoms with E-state index in [0.717, 1.165) is 6.42 Å². The highest BCUT2D eigenvalue weighted by molar-refractivity contribution is 7.26. The van der Waals surface area contributed by atoms with Gasteiger partial charge in [0.05, 0.1) is 11.0 Å². The quantitative estimate of drug-likeness (QED) is 0.173. The van der Waals surface area contributed by atoms with Crippen LogP contribution in [-0.4, -0.2) is 4.57 Å². The molecule has 54 heavy (non-hydrogen) atoms. The van der Waals surface area contributed by atoms with Crippen molar-refractivity contribution in [3.63, 3.8) is 0 Å². The summed E-state index contributed by atoms with van der Waals surface area (Å²) in [6.45, 7) is 0. The van der Waals surface area contributed by atoms with E-state index in [-0.39, 0.29) is 5.92 Å². The molecule has 1 aliphatic rings. The second-order valence-corrected chi connectivity index (χ2v) is 15.9. The summed E-state index contributed by atoms with van der Waals surface area (Å²) >= 11 is 1.96. The fourth-order valence-electron chi connectivity index (χ4n) is 9.44. The van der Waals surface area contributed by atoms with Gasteiger partial charge >= 0.3 is 0 Å². The Kier molecular flexibility index (Phi) is 6.40. The first-order chi connectivity index (χ1) is 26.8. The molecule has 1 atom stereocenters. The first-order valence-corrected chi connectivity index (χ1v) is 19.7. The van der Waals surface area contributed by atoms with E-state index < -0.39 is 0 Å². The van der Waals surface area contributed by atoms with Crippen molar-refractivity contribution < 1.29 is 0 Å². The lowest BCUT2D eigenvalue weighted by Crippen LogP contribution is -2.13. The molecule has 0 saturated heterocycles. The number of rotatable bonds is 3. The Morgan fingerprint density at radius 3 is 2.02 bits per heavy atom. The Balaban J connectivity index is 1.10. The van der Waals surface area contributed by atoms with Gasteiger partial charge in [0, 0.05) is 42.6 Å². The average Bonchev–Trinajstić information content (AvgIpc) is 3.79. The Morgan fingerprint density at radius 2 is 1.15 bits per heavy atom. The van der Waals surface area contributed by atoms with Gasteiger partial charge < -0.3 is 4.57 Å².